The minimum Gasteiger partial charge on any atom is -0.458 e. The number of alkyl halides is 1. The highest BCUT2D eigenvalue weighted by Gasteiger charge is 2.66. The van der Waals surface area contributed by atoms with Gasteiger partial charge in [-0.1, -0.05) is 29.5 Å². The van der Waals surface area contributed by atoms with Gasteiger partial charge in [0.25, 0.3) is 0 Å². The molecule has 0 aromatic rings. The van der Waals surface area contributed by atoms with Crippen molar-refractivity contribution in [2.24, 2.45) is 17.8 Å². The molecule has 4 nitrogen and oxygen atoms in total. The molecule has 0 aromatic heterocycles. The van der Waals surface area contributed by atoms with Gasteiger partial charge in [-0.2, -0.15) is 0 Å². The average Bonchev–Trinajstić information content (AvgIpc) is 2.92. The normalized spacial score (nSPS) is 50.3. The highest BCUT2D eigenvalue weighted by molar-refractivity contribution is 14.1. The molecule has 1 aliphatic heterocycles. The van der Waals surface area contributed by atoms with Crippen molar-refractivity contribution in [1.82, 2.24) is 0 Å². The Hall–Kier alpha value is 0.120. The molecule has 0 aromatic carbocycles. The fourth-order valence-corrected chi connectivity index (χ4v) is 4.07. The molecule has 3 rings (SSSR count). The van der Waals surface area contributed by atoms with Crippen molar-refractivity contribution in [2.45, 2.75) is 61.5 Å². The monoisotopic (exact) mass is 380 g/mol. The largest absolute Gasteiger partial charge is 0.458 e. The van der Waals surface area contributed by atoms with E-state index in [-0.39, 0.29) is 24.1 Å². The Bertz CT molecular complexity index is 406. The summed E-state index contributed by atoms with van der Waals surface area (Å²) < 4.78 is 11.0. The Morgan fingerprint density at radius 1 is 1.58 bits per heavy atom. The summed E-state index contributed by atoms with van der Waals surface area (Å²) in [5, 5.41) is 10.3. The summed E-state index contributed by atoms with van der Waals surface area (Å²) in [6.07, 6.45) is 2.41. The van der Waals surface area contributed by atoms with Crippen LogP contribution >= 0.6 is 22.6 Å². The van der Waals surface area contributed by atoms with Crippen LogP contribution in [-0.2, 0) is 14.3 Å². The molecule has 7 unspecified atom stereocenters. The van der Waals surface area contributed by atoms with Crippen LogP contribution in [0.4, 0.5) is 0 Å². The molecule has 1 N–H and O–H groups in total. The van der Waals surface area contributed by atoms with Crippen molar-refractivity contribution >= 4 is 28.6 Å². The van der Waals surface area contributed by atoms with Gasteiger partial charge in [-0.05, 0) is 44.9 Å². The molecule has 0 radical (unpaired) electrons. The van der Waals surface area contributed by atoms with Gasteiger partial charge in [0, 0.05) is 5.92 Å². The molecule has 7 atom stereocenters. The van der Waals surface area contributed by atoms with Gasteiger partial charge < -0.3 is 14.6 Å². The lowest BCUT2D eigenvalue weighted by atomic mass is 9.84. The number of aliphatic hydroxyl groups is 1. The topological polar surface area (TPSA) is 55.8 Å². The lowest BCUT2D eigenvalue weighted by Gasteiger charge is -2.29. The third kappa shape index (κ3) is 2.03. The summed E-state index contributed by atoms with van der Waals surface area (Å²) in [7, 11) is 0. The second-order valence-electron chi connectivity index (χ2n) is 6.56. The summed E-state index contributed by atoms with van der Waals surface area (Å²) in [5.74, 6) is -0.250. The number of esters is 1. The molecule has 1 saturated heterocycles. The first-order valence-electron chi connectivity index (χ1n) is 7.06. The Balaban J connectivity index is 1.74. The van der Waals surface area contributed by atoms with E-state index < -0.39 is 9.21 Å². The summed E-state index contributed by atoms with van der Waals surface area (Å²) in [6, 6.07) is 0. The fourth-order valence-electron chi connectivity index (χ4n) is 3.94. The molecule has 19 heavy (non-hydrogen) atoms. The second-order valence-corrected chi connectivity index (χ2v) is 8.94. The fraction of sp³-hybridized carbons (Fsp3) is 0.929. The standard InChI is InChI=1S/C14H21IO4/c1-4-13(2,15)12(16)18-10-7-5-8-9(6-7)14(3,17)19-11(8)10/h7-11,17H,4-6H2,1-3H3. The van der Waals surface area contributed by atoms with Crippen LogP contribution in [0.25, 0.3) is 0 Å². The first-order valence-corrected chi connectivity index (χ1v) is 8.14. The van der Waals surface area contributed by atoms with Crippen LogP contribution in [0.15, 0.2) is 0 Å². The number of halogens is 1. The molecule has 1 heterocycles. The number of ether oxygens (including phenoxy) is 2. The van der Waals surface area contributed by atoms with Gasteiger partial charge >= 0.3 is 5.97 Å². The van der Waals surface area contributed by atoms with Gasteiger partial charge in [-0.3, -0.25) is 4.79 Å². The van der Waals surface area contributed by atoms with Crippen LogP contribution in [0, 0.1) is 17.8 Å². The predicted molar refractivity (Wildman–Crippen MR) is 77.8 cm³/mol. The van der Waals surface area contributed by atoms with Crippen LogP contribution < -0.4 is 0 Å². The van der Waals surface area contributed by atoms with Crippen molar-refractivity contribution in [2.75, 3.05) is 0 Å². The molecule has 108 valence electrons. The Morgan fingerprint density at radius 2 is 2.26 bits per heavy atom. The van der Waals surface area contributed by atoms with Crippen LogP contribution in [0.3, 0.4) is 0 Å². The third-order valence-electron chi connectivity index (χ3n) is 5.25. The van der Waals surface area contributed by atoms with Crippen molar-refractivity contribution in [3.63, 3.8) is 0 Å². The molecule has 3 aliphatic rings. The van der Waals surface area contributed by atoms with Gasteiger partial charge in [0.1, 0.15) is 15.6 Å². The number of hydrogen-bond acceptors (Lipinski definition) is 4. The Morgan fingerprint density at radius 3 is 2.89 bits per heavy atom. The zero-order chi connectivity index (χ0) is 14.0. The van der Waals surface area contributed by atoms with E-state index >= 15 is 0 Å². The highest BCUT2D eigenvalue weighted by Crippen LogP contribution is 2.60. The van der Waals surface area contributed by atoms with Crippen molar-refractivity contribution < 1.29 is 19.4 Å². The zero-order valence-corrected chi connectivity index (χ0v) is 13.7. The number of fused-ring (bicyclic) bond motifs is 1. The number of hydrogen-bond donors (Lipinski definition) is 1. The lowest BCUT2D eigenvalue weighted by molar-refractivity contribution is -0.207. The minimum absolute atomic E-state index is 0.105. The van der Waals surface area contributed by atoms with E-state index in [0.29, 0.717) is 11.8 Å². The number of carbonyl (C=O) groups is 1. The molecular formula is C14H21IO4. The first kappa shape index (κ1) is 14.1. The van der Waals surface area contributed by atoms with Gasteiger partial charge in [0.2, 0.25) is 0 Å². The van der Waals surface area contributed by atoms with Crippen LogP contribution in [0.1, 0.15) is 40.0 Å². The van der Waals surface area contributed by atoms with Crippen molar-refractivity contribution in [3.8, 4) is 0 Å². The van der Waals surface area contributed by atoms with Gasteiger partial charge in [0.15, 0.2) is 5.79 Å². The smallest absolute Gasteiger partial charge is 0.322 e. The lowest BCUT2D eigenvalue weighted by Crippen LogP contribution is -2.40. The average molecular weight is 380 g/mol. The van der Waals surface area contributed by atoms with E-state index in [0.717, 1.165) is 19.3 Å². The van der Waals surface area contributed by atoms with E-state index in [1.807, 2.05) is 13.8 Å². The van der Waals surface area contributed by atoms with Gasteiger partial charge in [0.05, 0.1) is 0 Å². The van der Waals surface area contributed by atoms with E-state index in [1.54, 1.807) is 6.92 Å². The quantitative estimate of drug-likeness (QED) is 0.464. The summed E-state index contributed by atoms with van der Waals surface area (Å²) >= 11 is 2.15. The third-order valence-corrected chi connectivity index (χ3v) is 6.46. The molecular weight excluding hydrogens is 359 g/mol. The van der Waals surface area contributed by atoms with E-state index in [9.17, 15) is 9.90 Å². The van der Waals surface area contributed by atoms with E-state index in [2.05, 4.69) is 22.6 Å². The maximum Gasteiger partial charge on any atom is 0.322 e. The molecule has 2 bridgehead atoms. The summed E-state index contributed by atoms with van der Waals surface area (Å²) in [5.41, 5.74) is 0. The predicted octanol–water partition coefficient (Wildman–Crippen LogP) is 2.27. The maximum absolute atomic E-state index is 12.2. The Labute approximate surface area is 127 Å². The summed E-state index contributed by atoms with van der Waals surface area (Å²) in [6.45, 7) is 5.63. The molecule has 0 amide bonds. The van der Waals surface area contributed by atoms with E-state index in [4.69, 9.17) is 9.47 Å². The highest BCUT2D eigenvalue weighted by atomic mass is 127. The van der Waals surface area contributed by atoms with Gasteiger partial charge in [-0.15, -0.1) is 0 Å². The number of carbonyl (C=O) groups excluding carboxylic acids is 1. The minimum atomic E-state index is -1.04. The molecule has 3 fully saturated rings. The first-order chi connectivity index (χ1) is 8.76. The molecule has 2 saturated carbocycles. The van der Waals surface area contributed by atoms with Crippen LogP contribution in [-0.4, -0.2) is 32.5 Å². The van der Waals surface area contributed by atoms with E-state index in [1.165, 1.54) is 0 Å². The molecule has 0 spiro atoms. The molecule has 5 heteroatoms. The van der Waals surface area contributed by atoms with Crippen molar-refractivity contribution in [3.05, 3.63) is 0 Å². The van der Waals surface area contributed by atoms with Crippen LogP contribution in [0.2, 0.25) is 0 Å². The zero-order valence-electron chi connectivity index (χ0n) is 11.6. The van der Waals surface area contributed by atoms with Crippen LogP contribution in [0.5, 0.6) is 0 Å². The SMILES string of the molecule is CCC(C)(I)C(=O)OC1C2CC3C1OC(C)(O)C3C2. The van der Waals surface area contributed by atoms with Gasteiger partial charge in [-0.25, -0.2) is 0 Å². The number of rotatable bonds is 3. The Kier molecular flexibility index (Phi) is 3.19. The summed E-state index contributed by atoms with van der Waals surface area (Å²) in [4.78, 5) is 12.2. The maximum atomic E-state index is 12.2. The molecule has 2 aliphatic carbocycles. The van der Waals surface area contributed by atoms with Crippen molar-refractivity contribution in [1.29, 1.82) is 0 Å². The second kappa shape index (κ2) is 4.31.